The van der Waals surface area contributed by atoms with Crippen molar-refractivity contribution in [1.82, 2.24) is 10.3 Å². The molecule has 0 bridgehead atoms. The van der Waals surface area contributed by atoms with Crippen molar-refractivity contribution in [3.05, 3.63) is 59.4 Å². The number of H-pyrrole nitrogens is 1. The summed E-state index contributed by atoms with van der Waals surface area (Å²) in [5, 5.41) is 12.4. The first kappa shape index (κ1) is 19.5. The lowest BCUT2D eigenvalue weighted by Crippen LogP contribution is -2.39. The van der Waals surface area contributed by atoms with Crippen molar-refractivity contribution in [2.45, 2.75) is 31.8 Å². The number of carbonyl (C=O) groups is 1. The molecule has 1 fully saturated rings. The van der Waals surface area contributed by atoms with Gasteiger partial charge in [0.15, 0.2) is 0 Å². The first-order valence-electron chi connectivity index (χ1n) is 9.55. The summed E-state index contributed by atoms with van der Waals surface area (Å²) >= 11 is 0. The van der Waals surface area contributed by atoms with Gasteiger partial charge in [0, 0.05) is 18.0 Å². The Morgan fingerprint density at radius 2 is 1.86 bits per heavy atom. The summed E-state index contributed by atoms with van der Waals surface area (Å²) in [6.07, 6.45) is 0.411. The summed E-state index contributed by atoms with van der Waals surface area (Å²) in [6.45, 7) is 1.85. The summed E-state index contributed by atoms with van der Waals surface area (Å²) < 4.78 is 41.6. The highest BCUT2D eigenvalue weighted by molar-refractivity contribution is 5.92. The van der Waals surface area contributed by atoms with Gasteiger partial charge in [0.25, 0.3) is 0 Å². The van der Waals surface area contributed by atoms with Crippen molar-refractivity contribution in [2.24, 2.45) is 5.92 Å². The van der Waals surface area contributed by atoms with Gasteiger partial charge in [-0.2, -0.15) is 0 Å². The number of aromatic nitrogens is 1. The molecule has 4 nitrogen and oxygen atoms in total. The highest BCUT2D eigenvalue weighted by Crippen LogP contribution is 2.48. The monoisotopic (exact) mass is 402 g/mol. The summed E-state index contributed by atoms with van der Waals surface area (Å²) in [7, 11) is 0. The second kappa shape index (κ2) is 7.55. The van der Waals surface area contributed by atoms with Crippen LogP contribution in [-0.2, 0) is 4.79 Å². The molecule has 1 amide bonds. The zero-order valence-corrected chi connectivity index (χ0v) is 15.8. The molecule has 0 spiro atoms. The van der Waals surface area contributed by atoms with Crippen LogP contribution in [0.2, 0.25) is 0 Å². The lowest BCUT2D eigenvalue weighted by Gasteiger charge is -2.36. The molecule has 1 heterocycles. The summed E-state index contributed by atoms with van der Waals surface area (Å²) in [6, 6.07) is 8.03. The van der Waals surface area contributed by atoms with Crippen LogP contribution in [-0.4, -0.2) is 28.6 Å². The number of aromatic amines is 1. The Hall–Kier alpha value is -2.80. The highest BCUT2D eigenvalue weighted by atomic mass is 19.1. The first-order chi connectivity index (χ1) is 13.8. The van der Waals surface area contributed by atoms with Crippen LogP contribution in [0.4, 0.5) is 13.2 Å². The van der Waals surface area contributed by atoms with Gasteiger partial charge in [-0.1, -0.05) is 0 Å². The molecule has 3 aromatic rings. The number of rotatable bonds is 5. The smallest absolute Gasteiger partial charge is 0.248 e. The fourth-order valence-electron chi connectivity index (χ4n) is 4.04. The van der Waals surface area contributed by atoms with Gasteiger partial charge in [0.05, 0.1) is 11.2 Å². The number of hydrogen-bond acceptors (Lipinski definition) is 2. The van der Waals surface area contributed by atoms with Gasteiger partial charge in [0.1, 0.15) is 23.6 Å². The average Bonchev–Trinajstić information content (AvgIpc) is 3.00. The molecule has 0 aliphatic heterocycles. The molecule has 0 saturated heterocycles. The number of amides is 1. The molecular weight excluding hydrogens is 381 g/mol. The largest absolute Gasteiger partial charge is 0.384 e. The maximum Gasteiger partial charge on any atom is 0.248 e. The van der Waals surface area contributed by atoms with E-state index in [9.17, 15) is 23.1 Å². The Bertz CT molecular complexity index is 1050. The van der Waals surface area contributed by atoms with E-state index in [1.54, 1.807) is 12.1 Å². The van der Waals surface area contributed by atoms with Gasteiger partial charge < -0.3 is 15.4 Å². The van der Waals surface area contributed by atoms with E-state index in [0.29, 0.717) is 23.2 Å². The normalized spacial score (nSPS) is 19.8. The molecule has 1 aliphatic carbocycles. The van der Waals surface area contributed by atoms with E-state index in [-0.39, 0.29) is 23.2 Å². The predicted octanol–water partition coefficient (Wildman–Crippen LogP) is 4.24. The lowest BCUT2D eigenvalue weighted by atomic mass is 9.70. The van der Waals surface area contributed by atoms with Gasteiger partial charge in [-0.25, -0.2) is 13.2 Å². The Kier molecular flexibility index (Phi) is 5.08. The number of aliphatic hydroxyl groups is 1. The molecule has 3 N–H and O–H groups in total. The molecule has 1 aromatic heterocycles. The Balaban J connectivity index is 1.65. The zero-order valence-electron chi connectivity index (χ0n) is 15.8. The third-order valence-electron chi connectivity index (χ3n) is 5.59. The van der Waals surface area contributed by atoms with Gasteiger partial charge in [-0.15, -0.1) is 0 Å². The number of aliphatic hydroxyl groups excluding tert-OH is 1. The topological polar surface area (TPSA) is 65.1 Å². The standard InChI is InChI=1S/C22H21F3N2O2/c1-11(28)22(29)26-10-12-6-14(7-12)19-17-8-16(24)9-18(25)21(17)27-20(19)13-2-4-15(23)5-3-13/h2-5,8-9,11-12,14,27-28H,6-7,10H2,1H3,(H,26,29)/t11-,12?,14?/m0/s1. The van der Waals surface area contributed by atoms with Crippen molar-refractivity contribution in [3.63, 3.8) is 0 Å². The lowest BCUT2D eigenvalue weighted by molar-refractivity contribution is -0.128. The number of carbonyl (C=O) groups excluding carboxylic acids is 1. The van der Waals surface area contributed by atoms with Crippen molar-refractivity contribution < 1.29 is 23.1 Å². The van der Waals surface area contributed by atoms with Gasteiger partial charge in [-0.05, 0) is 73.1 Å². The molecule has 1 aliphatic rings. The molecule has 0 radical (unpaired) electrons. The molecule has 29 heavy (non-hydrogen) atoms. The molecule has 2 aromatic carbocycles. The summed E-state index contributed by atoms with van der Waals surface area (Å²) in [4.78, 5) is 14.6. The number of fused-ring (bicyclic) bond motifs is 1. The Morgan fingerprint density at radius 1 is 1.17 bits per heavy atom. The SMILES string of the molecule is C[C@H](O)C(=O)NCC1CC(c2c(-c3ccc(F)cc3)[nH]c3c(F)cc(F)cc23)C1. The minimum Gasteiger partial charge on any atom is -0.384 e. The predicted molar refractivity (Wildman–Crippen MR) is 104 cm³/mol. The van der Waals surface area contributed by atoms with Gasteiger partial charge >= 0.3 is 0 Å². The van der Waals surface area contributed by atoms with Crippen LogP contribution >= 0.6 is 0 Å². The van der Waals surface area contributed by atoms with Crippen LogP contribution in [0.25, 0.3) is 22.2 Å². The quantitative estimate of drug-likeness (QED) is 0.598. The first-order valence-corrected chi connectivity index (χ1v) is 9.55. The third-order valence-corrected chi connectivity index (χ3v) is 5.59. The molecular formula is C22H21F3N2O2. The van der Waals surface area contributed by atoms with E-state index in [4.69, 9.17) is 0 Å². The zero-order chi connectivity index (χ0) is 20.7. The fourth-order valence-corrected chi connectivity index (χ4v) is 4.04. The average molecular weight is 402 g/mol. The molecule has 0 unspecified atom stereocenters. The van der Waals surface area contributed by atoms with Crippen LogP contribution in [0.5, 0.6) is 0 Å². The van der Waals surface area contributed by atoms with E-state index in [1.807, 2.05) is 0 Å². The molecule has 4 rings (SSSR count). The van der Waals surface area contributed by atoms with Crippen LogP contribution in [0.1, 0.15) is 31.2 Å². The molecule has 7 heteroatoms. The Morgan fingerprint density at radius 3 is 2.52 bits per heavy atom. The molecule has 152 valence electrons. The second-order valence-corrected chi connectivity index (χ2v) is 7.69. The van der Waals surface area contributed by atoms with Crippen molar-refractivity contribution >= 4 is 16.8 Å². The van der Waals surface area contributed by atoms with Crippen LogP contribution < -0.4 is 5.32 Å². The van der Waals surface area contributed by atoms with E-state index < -0.39 is 23.6 Å². The minimum absolute atomic E-state index is 0.0541. The van der Waals surface area contributed by atoms with E-state index in [1.165, 1.54) is 25.1 Å². The summed E-state index contributed by atoms with van der Waals surface area (Å²) in [5.41, 5.74) is 2.39. The van der Waals surface area contributed by atoms with Crippen molar-refractivity contribution in [2.75, 3.05) is 6.54 Å². The van der Waals surface area contributed by atoms with E-state index in [2.05, 4.69) is 10.3 Å². The second-order valence-electron chi connectivity index (χ2n) is 7.69. The molecule has 1 saturated carbocycles. The van der Waals surface area contributed by atoms with Crippen LogP contribution in [0, 0.1) is 23.4 Å². The number of nitrogens with one attached hydrogen (secondary N) is 2. The van der Waals surface area contributed by atoms with Gasteiger partial charge in [-0.3, -0.25) is 4.79 Å². The van der Waals surface area contributed by atoms with Crippen molar-refractivity contribution in [1.29, 1.82) is 0 Å². The minimum atomic E-state index is -1.06. The van der Waals surface area contributed by atoms with E-state index in [0.717, 1.165) is 24.5 Å². The number of hydrogen-bond donors (Lipinski definition) is 3. The Labute approximate surface area is 165 Å². The number of halogens is 3. The molecule has 1 atom stereocenters. The van der Waals surface area contributed by atoms with E-state index >= 15 is 0 Å². The summed E-state index contributed by atoms with van der Waals surface area (Å²) in [5.74, 6) is -1.85. The number of benzene rings is 2. The highest BCUT2D eigenvalue weighted by Gasteiger charge is 2.35. The van der Waals surface area contributed by atoms with Crippen LogP contribution in [0.3, 0.4) is 0 Å². The third kappa shape index (κ3) is 3.74. The fraction of sp³-hybridized carbons (Fsp3) is 0.318. The maximum atomic E-state index is 14.4. The van der Waals surface area contributed by atoms with Crippen LogP contribution in [0.15, 0.2) is 36.4 Å². The maximum absolute atomic E-state index is 14.4. The van der Waals surface area contributed by atoms with Crippen molar-refractivity contribution in [3.8, 4) is 11.3 Å². The van der Waals surface area contributed by atoms with Gasteiger partial charge in [0.2, 0.25) is 5.91 Å².